The van der Waals surface area contributed by atoms with Crippen LogP contribution < -0.4 is 0 Å². The van der Waals surface area contributed by atoms with Gasteiger partial charge in [-0.05, 0) is 32.4 Å². The lowest BCUT2D eigenvalue weighted by molar-refractivity contribution is -0.145. The van der Waals surface area contributed by atoms with Crippen molar-refractivity contribution < 1.29 is 9.53 Å². The fourth-order valence-corrected chi connectivity index (χ4v) is 2.55. The standard InChI is InChI=1S/C12H18O2S/c1-4-6-10(12(13)14-5-2)11-8-7-9(3)15-11/h7-8,10H,4-6H2,1-3H3. The fourth-order valence-electron chi connectivity index (χ4n) is 1.55. The third-order valence-electron chi connectivity index (χ3n) is 2.25. The smallest absolute Gasteiger partial charge is 0.314 e. The molecule has 1 aromatic heterocycles. The van der Waals surface area contributed by atoms with Crippen molar-refractivity contribution in [1.29, 1.82) is 0 Å². The van der Waals surface area contributed by atoms with Crippen molar-refractivity contribution in [3.63, 3.8) is 0 Å². The highest BCUT2D eigenvalue weighted by molar-refractivity contribution is 7.12. The number of rotatable bonds is 5. The van der Waals surface area contributed by atoms with Crippen LogP contribution in [0.3, 0.4) is 0 Å². The quantitative estimate of drug-likeness (QED) is 0.718. The molecule has 0 spiro atoms. The molecule has 1 unspecified atom stereocenters. The molecule has 1 atom stereocenters. The van der Waals surface area contributed by atoms with Crippen molar-refractivity contribution in [3.8, 4) is 0 Å². The van der Waals surface area contributed by atoms with Crippen LogP contribution in [0.4, 0.5) is 0 Å². The van der Waals surface area contributed by atoms with Crippen LogP contribution in [0.25, 0.3) is 0 Å². The minimum absolute atomic E-state index is 0.0614. The van der Waals surface area contributed by atoms with E-state index < -0.39 is 0 Å². The number of carbonyl (C=O) groups is 1. The Morgan fingerprint density at radius 1 is 1.47 bits per heavy atom. The summed E-state index contributed by atoms with van der Waals surface area (Å²) in [5.41, 5.74) is 0. The Morgan fingerprint density at radius 3 is 2.67 bits per heavy atom. The monoisotopic (exact) mass is 226 g/mol. The molecule has 0 radical (unpaired) electrons. The van der Waals surface area contributed by atoms with Gasteiger partial charge in [-0.25, -0.2) is 0 Å². The lowest BCUT2D eigenvalue weighted by Crippen LogP contribution is -2.14. The third kappa shape index (κ3) is 3.34. The molecule has 3 heteroatoms. The predicted molar refractivity (Wildman–Crippen MR) is 63.3 cm³/mol. The van der Waals surface area contributed by atoms with Gasteiger partial charge in [-0.15, -0.1) is 11.3 Å². The van der Waals surface area contributed by atoms with E-state index in [0.717, 1.165) is 17.7 Å². The van der Waals surface area contributed by atoms with Gasteiger partial charge in [-0.1, -0.05) is 13.3 Å². The molecule has 0 aromatic carbocycles. The summed E-state index contributed by atoms with van der Waals surface area (Å²) in [4.78, 5) is 14.1. The predicted octanol–water partition coefficient (Wildman–Crippen LogP) is 3.50. The van der Waals surface area contributed by atoms with Crippen LogP contribution >= 0.6 is 11.3 Å². The maximum atomic E-state index is 11.7. The lowest BCUT2D eigenvalue weighted by atomic mass is 10.0. The summed E-state index contributed by atoms with van der Waals surface area (Å²) in [5.74, 6) is -0.144. The minimum atomic E-state index is -0.0822. The van der Waals surface area contributed by atoms with E-state index in [2.05, 4.69) is 19.9 Å². The van der Waals surface area contributed by atoms with Crippen LogP contribution in [-0.4, -0.2) is 12.6 Å². The molecule has 84 valence electrons. The highest BCUT2D eigenvalue weighted by Crippen LogP contribution is 2.29. The average molecular weight is 226 g/mol. The van der Waals surface area contributed by atoms with E-state index in [0.29, 0.717) is 6.61 Å². The van der Waals surface area contributed by atoms with Crippen molar-refractivity contribution in [1.82, 2.24) is 0 Å². The van der Waals surface area contributed by atoms with Gasteiger partial charge < -0.3 is 4.74 Å². The molecule has 2 nitrogen and oxygen atoms in total. The largest absolute Gasteiger partial charge is 0.465 e. The SMILES string of the molecule is CCCC(C(=O)OCC)c1ccc(C)s1. The van der Waals surface area contributed by atoms with Crippen LogP contribution in [0.15, 0.2) is 12.1 Å². The van der Waals surface area contributed by atoms with Gasteiger partial charge in [0.15, 0.2) is 0 Å². The molecule has 0 saturated carbocycles. The van der Waals surface area contributed by atoms with Gasteiger partial charge in [-0.2, -0.15) is 0 Å². The van der Waals surface area contributed by atoms with E-state index in [-0.39, 0.29) is 11.9 Å². The highest BCUT2D eigenvalue weighted by atomic mass is 32.1. The van der Waals surface area contributed by atoms with E-state index in [9.17, 15) is 4.79 Å². The van der Waals surface area contributed by atoms with Gasteiger partial charge in [0.2, 0.25) is 0 Å². The van der Waals surface area contributed by atoms with Crippen LogP contribution in [0.5, 0.6) is 0 Å². The molecular weight excluding hydrogens is 208 g/mol. The molecule has 1 heterocycles. The Kier molecular flexibility index (Phi) is 4.82. The lowest BCUT2D eigenvalue weighted by Gasteiger charge is -2.12. The molecule has 0 N–H and O–H groups in total. The first kappa shape index (κ1) is 12.2. The maximum absolute atomic E-state index is 11.7. The fraction of sp³-hybridized carbons (Fsp3) is 0.583. The number of thiophene rings is 1. The molecule has 0 fully saturated rings. The molecule has 0 saturated heterocycles. The molecule has 0 aliphatic heterocycles. The zero-order valence-corrected chi connectivity index (χ0v) is 10.4. The molecule has 0 aliphatic rings. The van der Waals surface area contributed by atoms with Crippen molar-refractivity contribution in [2.45, 2.75) is 39.5 Å². The van der Waals surface area contributed by atoms with Gasteiger partial charge in [0, 0.05) is 9.75 Å². The number of hydrogen-bond donors (Lipinski definition) is 0. The van der Waals surface area contributed by atoms with Crippen molar-refractivity contribution in [2.75, 3.05) is 6.61 Å². The van der Waals surface area contributed by atoms with E-state index in [1.165, 1.54) is 4.88 Å². The highest BCUT2D eigenvalue weighted by Gasteiger charge is 2.22. The average Bonchev–Trinajstić information content (AvgIpc) is 2.61. The first-order valence-corrected chi connectivity index (χ1v) is 6.23. The van der Waals surface area contributed by atoms with Gasteiger partial charge in [0.1, 0.15) is 0 Å². The first-order chi connectivity index (χ1) is 7.19. The normalized spacial score (nSPS) is 12.5. The number of ether oxygens (including phenoxy) is 1. The molecule has 0 amide bonds. The summed E-state index contributed by atoms with van der Waals surface area (Å²) in [5, 5.41) is 0. The molecule has 1 rings (SSSR count). The second-order valence-corrected chi connectivity index (χ2v) is 4.86. The first-order valence-electron chi connectivity index (χ1n) is 5.42. The van der Waals surface area contributed by atoms with Gasteiger partial charge in [0.05, 0.1) is 12.5 Å². The minimum Gasteiger partial charge on any atom is -0.465 e. The van der Waals surface area contributed by atoms with Crippen LogP contribution in [0, 0.1) is 6.92 Å². The summed E-state index contributed by atoms with van der Waals surface area (Å²) in [7, 11) is 0. The summed E-state index contributed by atoms with van der Waals surface area (Å²) < 4.78 is 5.09. The second-order valence-electron chi connectivity index (χ2n) is 3.54. The zero-order chi connectivity index (χ0) is 11.3. The molecular formula is C12H18O2S. The number of hydrogen-bond acceptors (Lipinski definition) is 3. The number of aryl methyl sites for hydroxylation is 1. The van der Waals surface area contributed by atoms with Gasteiger partial charge >= 0.3 is 5.97 Å². The van der Waals surface area contributed by atoms with Crippen molar-refractivity contribution in [3.05, 3.63) is 21.9 Å². The Hall–Kier alpha value is -0.830. The molecule has 1 aromatic rings. The topological polar surface area (TPSA) is 26.3 Å². The maximum Gasteiger partial charge on any atom is 0.314 e. The van der Waals surface area contributed by atoms with Crippen LogP contribution in [-0.2, 0) is 9.53 Å². The zero-order valence-electron chi connectivity index (χ0n) is 9.58. The van der Waals surface area contributed by atoms with Crippen LogP contribution in [0.1, 0.15) is 42.4 Å². The number of carbonyl (C=O) groups excluding carboxylic acids is 1. The van der Waals surface area contributed by atoms with E-state index in [4.69, 9.17) is 4.74 Å². The van der Waals surface area contributed by atoms with Gasteiger partial charge in [-0.3, -0.25) is 4.79 Å². The summed E-state index contributed by atoms with van der Waals surface area (Å²) in [6, 6.07) is 4.10. The van der Waals surface area contributed by atoms with Gasteiger partial charge in [0.25, 0.3) is 0 Å². The molecule has 0 aliphatic carbocycles. The second kappa shape index (κ2) is 5.91. The third-order valence-corrected chi connectivity index (χ3v) is 3.37. The molecule has 0 bridgehead atoms. The van der Waals surface area contributed by atoms with Crippen LogP contribution in [0.2, 0.25) is 0 Å². The Balaban J connectivity index is 2.77. The summed E-state index contributed by atoms with van der Waals surface area (Å²) >= 11 is 1.69. The summed E-state index contributed by atoms with van der Waals surface area (Å²) in [6.07, 6.45) is 1.87. The van der Waals surface area contributed by atoms with Crippen molar-refractivity contribution >= 4 is 17.3 Å². The van der Waals surface area contributed by atoms with E-state index in [1.807, 2.05) is 13.0 Å². The molecule has 15 heavy (non-hydrogen) atoms. The summed E-state index contributed by atoms with van der Waals surface area (Å²) in [6.45, 7) is 6.46. The van der Waals surface area contributed by atoms with E-state index in [1.54, 1.807) is 11.3 Å². The Morgan fingerprint density at radius 2 is 2.20 bits per heavy atom. The Labute approximate surface area is 95.3 Å². The van der Waals surface area contributed by atoms with E-state index >= 15 is 0 Å². The Bertz CT molecular complexity index is 317. The number of esters is 1. The van der Waals surface area contributed by atoms with Crippen molar-refractivity contribution in [2.24, 2.45) is 0 Å².